The van der Waals surface area contributed by atoms with Crippen molar-refractivity contribution in [3.05, 3.63) is 12.5 Å². The number of rotatable bonds is 2. The number of hydrogen-bond donors (Lipinski definition) is 1. The van der Waals surface area contributed by atoms with Gasteiger partial charge in [-0.2, -0.15) is 5.10 Å². The number of fused-ring (bicyclic) bond motifs is 1. The number of carbonyl (C=O) groups is 1. The second-order valence-electron chi connectivity index (χ2n) is 5.30. The molecule has 1 aliphatic heterocycles. The first-order valence-electron chi connectivity index (χ1n) is 6.70. The molecule has 0 bridgehead atoms. The Morgan fingerprint density at radius 1 is 1.45 bits per heavy atom. The molecule has 0 saturated carbocycles. The highest BCUT2D eigenvalue weighted by Gasteiger charge is 2.31. The number of carboxylic acids is 1. The summed E-state index contributed by atoms with van der Waals surface area (Å²) in [4.78, 5) is 21.9. The minimum absolute atomic E-state index is 0.142. The van der Waals surface area contributed by atoms with Crippen molar-refractivity contribution in [1.82, 2.24) is 19.7 Å². The maximum Gasteiger partial charge on any atom is 0.306 e. The van der Waals surface area contributed by atoms with Gasteiger partial charge in [0.05, 0.1) is 17.5 Å². The molecule has 7 heteroatoms. The van der Waals surface area contributed by atoms with Crippen molar-refractivity contribution in [1.29, 1.82) is 0 Å². The Balaban J connectivity index is 1.94. The third-order valence-electron chi connectivity index (χ3n) is 4.01. The van der Waals surface area contributed by atoms with Crippen molar-refractivity contribution in [2.45, 2.75) is 25.8 Å². The second-order valence-corrected chi connectivity index (χ2v) is 5.30. The second kappa shape index (κ2) is 4.73. The van der Waals surface area contributed by atoms with E-state index in [1.807, 2.05) is 14.0 Å². The summed E-state index contributed by atoms with van der Waals surface area (Å²) in [5, 5.41) is 14.3. The molecule has 1 fully saturated rings. The molecule has 3 rings (SSSR count). The van der Waals surface area contributed by atoms with Gasteiger partial charge in [-0.05, 0) is 19.8 Å². The Morgan fingerprint density at radius 2 is 2.25 bits per heavy atom. The Labute approximate surface area is 116 Å². The number of aliphatic carboxylic acids is 1. The first-order chi connectivity index (χ1) is 9.58. The first-order valence-corrected chi connectivity index (χ1v) is 6.70. The molecular weight excluding hydrogens is 258 g/mol. The fourth-order valence-corrected chi connectivity index (χ4v) is 2.89. The zero-order valence-corrected chi connectivity index (χ0v) is 11.5. The largest absolute Gasteiger partial charge is 0.481 e. The Morgan fingerprint density at radius 3 is 2.95 bits per heavy atom. The standard InChI is InChI=1S/C13H17N5O2/c1-8-5-9(13(19)20)3-4-18(8)12-10-6-16-17(2)11(10)14-7-15-12/h6-9H,3-5H2,1-2H3,(H,19,20). The molecule has 1 N–H and O–H groups in total. The van der Waals surface area contributed by atoms with E-state index in [0.29, 0.717) is 19.4 Å². The molecule has 0 spiro atoms. The van der Waals surface area contributed by atoms with Crippen LogP contribution in [0.3, 0.4) is 0 Å². The van der Waals surface area contributed by atoms with Crippen LogP contribution in [-0.2, 0) is 11.8 Å². The summed E-state index contributed by atoms with van der Waals surface area (Å²) in [5.74, 6) is -0.113. The molecule has 0 aliphatic carbocycles. The van der Waals surface area contributed by atoms with Gasteiger partial charge in [-0.1, -0.05) is 0 Å². The SMILES string of the molecule is CC1CC(C(=O)O)CCN1c1ncnc2c1cnn2C. The molecule has 7 nitrogen and oxygen atoms in total. The van der Waals surface area contributed by atoms with E-state index in [-0.39, 0.29) is 12.0 Å². The van der Waals surface area contributed by atoms with Crippen molar-refractivity contribution >= 4 is 22.8 Å². The number of aryl methyl sites for hydroxylation is 1. The van der Waals surface area contributed by atoms with E-state index < -0.39 is 5.97 Å². The molecule has 20 heavy (non-hydrogen) atoms. The van der Waals surface area contributed by atoms with Crippen LogP contribution in [-0.4, -0.2) is 43.4 Å². The fourth-order valence-electron chi connectivity index (χ4n) is 2.89. The van der Waals surface area contributed by atoms with Gasteiger partial charge in [0.2, 0.25) is 0 Å². The lowest BCUT2D eigenvalue weighted by Gasteiger charge is -2.37. The van der Waals surface area contributed by atoms with E-state index in [2.05, 4.69) is 20.0 Å². The van der Waals surface area contributed by atoms with E-state index in [1.54, 1.807) is 10.9 Å². The van der Waals surface area contributed by atoms with Crippen LogP contribution in [0.1, 0.15) is 19.8 Å². The number of hydrogen-bond acceptors (Lipinski definition) is 5. The predicted molar refractivity (Wildman–Crippen MR) is 73.5 cm³/mol. The van der Waals surface area contributed by atoms with Crippen LogP contribution in [0, 0.1) is 5.92 Å². The molecule has 1 saturated heterocycles. The third-order valence-corrected chi connectivity index (χ3v) is 4.01. The molecule has 2 aromatic rings. The number of anilines is 1. The van der Waals surface area contributed by atoms with E-state index in [0.717, 1.165) is 16.9 Å². The summed E-state index contributed by atoms with van der Waals surface area (Å²) in [6, 6.07) is 0.142. The molecule has 0 aromatic carbocycles. The molecule has 0 radical (unpaired) electrons. The lowest BCUT2D eigenvalue weighted by Crippen LogP contribution is -2.43. The van der Waals surface area contributed by atoms with Crippen LogP contribution in [0.15, 0.2) is 12.5 Å². The monoisotopic (exact) mass is 275 g/mol. The highest BCUT2D eigenvalue weighted by Crippen LogP contribution is 2.30. The molecular formula is C13H17N5O2. The summed E-state index contributed by atoms with van der Waals surface area (Å²) >= 11 is 0. The topological polar surface area (TPSA) is 84.1 Å². The molecule has 1 aliphatic rings. The molecule has 2 atom stereocenters. The van der Waals surface area contributed by atoms with Crippen molar-refractivity contribution in [2.75, 3.05) is 11.4 Å². The molecule has 0 amide bonds. The Kier molecular flexibility index (Phi) is 3.04. The molecule has 3 heterocycles. The van der Waals surface area contributed by atoms with Crippen LogP contribution >= 0.6 is 0 Å². The number of carboxylic acid groups (broad SMARTS) is 1. The average Bonchev–Trinajstić information content (AvgIpc) is 2.81. The van der Waals surface area contributed by atoms with Gasteiger partial charge in [-0.3, -0.25) is 9.48 Å². The number of aromatic nitrogens is 4. The maximum atomic E-state index is 11.1. The fraction of sp³-hybridized carbons (Fsp3) is 0.538. The summed E-state index contributed by atoms with van der Waals surface area (Å²) < 4.78 is 1.72. The van der Waals surface area contributed by atoms with Crippen LogP contribution in [0.2, 0.25) is 0 Å². The van der Waals surface area contributed by atoms with Gasteiger partial charge in [0.25, 0.3) is 0 Å². The van der Waals surface area contributed by atoms with Crippen LogP contribution in [0.5, 0.6) is 0 Å². The Hall–Kier alpha value is -2.18. The summed E-state index contributed by atoms with van der Waals surface area (Å²) in [6.45, 7) is 2.73. The third kappa shape index (κ3) is 1.99. The zero-order chi connectivity index (χ0) is 14.3. The van der Waals surface area contributed by atoms with Gasteiger partial charge < -0.3 is 10.0 Å². The van der Waals surface area contributed by atoms with Gasteiger partial charge in [0.15, 0.2) is 5.65 Å². The van der Waals surface area contributed by atoms with E-state index in [1.165, 1.54) is 6.33 Å². The lowest BCUT2D eigenvalue weighted by atomic mass is 9.91. The minimum Gasteiger partial charge on any atom is -0.481 e. The van der Waals surface area contributed by atoms with Gasteiger partial charge in [-0.15, -0.1) is 0 Å². The lowest BCUT2D eigenvalue weighted by molar-refractivity contribution is -0.142. The van der Waals surface area contributed by atoms with Crippen molar-refractivity contribution in [2.24, 2.45) is 13.0 Å². The van der Waals surface area contributed by atoms with Crippen LogP contribution in [0.4, 0.5) is 5.82 Å². The molecule has 106 valence electrons. The van der Waals surface area contributed by atoms with E-state index in [9.17, 15) is 4.79 Å². The van der Waals surface area contributed by atoms with Crippen LogP contribution in [0.25, 0.3) is 11.0 Å². The highest BCUT2D eigenvalue weighted by molar-refractivity contribution is 5.87. The number of piperidine rings is 1. The van der Waals surface area contributed by atoms with Crippen LogP contribution < -0.4 is 4.90 Å². The minimum atomic E-state index is -0.703. The normalized spacial score (nSPS) is 23.2. The molecule has 2 aromatic heterocycles. The maximum absolute atomic E-state index is 11.1. The quantitative estimate of drug-likeness (QED) is 0.882. The predicted octanol–water partition coefficient (Wildman–Crippen LogP) is 1.05. The first kappa shape index (κ1) is 12.8. The van der Waals surface area contributed by atoms with Crippen molar-refractivity contribution < 1.29 is 9.90 Å². The zero-order valence-electron chi connectivity index (χ0n) is 11.5. The van der Waals surface area contributed by atoms with Crippen molar-refractivity contribution in [3.8, 4) is 0 Å². The molecule has 2 unspecified atom stereocenters. The summed E-state index contributed by atoms with van der Waals surface area (Å²) in [7, 11) is 1.85. The smallest absolute Gasteiger partial charge is 0.306 e. The van der Waals surface area contributed by atoms with E-state index >= 15 is 0 Å². The van der Waals surface area contributed by atoms with Gasteiger partial charge >= 0.3 is 5.97 Å². The highest BCUT2D eigenvalue weighted by atomic mass is 16.4. The number of nitrogens with zero attached hydrogens (tertiary/aromatic N) is 5. The Bertz CT molecular complexity index is 653. The summed E-state index contributed by atoms with van der Waals surface area (Å²) in [5.41, 5.74) is 0.794. The van der Waals surface area contributed by atoms with Gasteiger partial charge in [-0.25, -0.2) is 9.97 Å². The van der Waals surface area contributed by atoms with Gasteiger partial charge in [0.1, 0.15) is 12.1 Å². The summed E-state index contributed by atoms with van der Waals surface area (Å²) in [6.07, 6.45) is 4.59. The average molecular weight is 275 g/mol. The van der Waals surface area contributed by atoms with Crippen molar-refractivity contribution in [3.63, 3.8) is 0 Å². The van der Waals surface area contributed by atoms with E-state index in [4.69, 9.17) is 5.11 Å². The van der Waals surface area contributed by atoms with Gasteiger partial charge in [0, 0.05) is 19.6 Å².